The first-order valence-electron chi connectivity index (χ1n) is 6.75. The third-order valence-corrected chi connectivity index (χ3v) is 4.10. The molecule has 0 saturated heterocycles. The van der Waals surface area contributed by atoms with E-state index in [4.69, 9.17) is 4.52 Å². The average Bonchev–Trinajstić information content (AvgIpc) is 2.86. The van der Waals surface area contributed by atoms with Gasteiger partial charge in [-0.2, -0.15) is 5.26 Å². The summed E-state index contributed by atoms with van der Waals surface area (Å²) in [5.74, 6) is 0.888. The molecular weight excluding hydrogens is 242 g/mol. The first-order valence-corrected chi connectivity index (χ1v) is 6.75. The topological polar surface area (TPSA) is 78.9 Å². The van der Waals surface area contributed by atoms with Gasteiger partial charge in [-0.05, 0) is 38.5 Å². The van der Waals surface area contributed by atoms with Crippen LogP contribution in [0.5, 0.6) is 0 Å². The van der Waals surface area contributed by atoms with Crippen LogP contribution in [0.25, 0.3) is 0 Å². The van der Waals surface area contributed by atoms with Crippen LogP contribution in [-0.2, 0) is 0 Å². The molecule has 1 N–H and O–H groups in total. The highest BCUT2D eigenvalue weighted by Crippen LogP contribution is 2.33. The van der Waals surface area contributed by atoms with Crippen molar-refractivity contribution in [3.05, 3.63) is 17.5 Å². The van der Waals surface area contributed by atoms with Crippen LogP contribution < -0.4 is 5.32 Å². The standard InChI is InChI=1S/C14H19N3O2/c1-3-11-4-6-14(9-15,7-5-11)17-13(18)12-8-16-19-10(12)2/h8,11H,3-7H2,1-2H3,(H,17,18). The molecule has 0 aromatic carbocycles. The number of amides is 1. The van der Waals surface area contributed by atoms with Gasteiger partial charge in [0, 0.05) is 0 Å². The van der Waals surface area contributed by atoms with Gasteiger partial charge >= 0.3 is 0 Å². The van der Waals surface area contributed by atoms with Crippen molar-refractivity contribution in [2.24, 2.45) is 5.92 Å². The Kier molecular flexibility index (Phi) is 3.89. The van der Waals surface area contributed by atoms with Gasteiger partial charge in [0.25, 0.3) is 5.91 Å². The Bertz CT molecular complexity index is 493. The molecule has 0 spiro atoms. The molecule has 1 amide bonds. The molecule has 1 aromatic rings. The molecule has 0 atom stereocenters. The van der Waals surface area contributed by atoms with Gasteiger partial charge in [0.1, 0.15) is 16.9 Å². The Morgan fingerprint density at radius 1 is 1.63 bits per heavy atom. The van der Waals surface area contributed by atoms with Gasteiger partial charge in [-0.25, -0.2) is 0 Å². The van der Waals surface area contributed by atoms with Crippen molar-refractivity contribution >= 4 is 5.91 Å². The van der Waals surface area contributed by atoms with Crippen LogP contribution in [0, 0.1) is 24.2 Å². The SMILES string of the molecule is CCC1CCC(C#N)(NC(=O)c2cnoc2C)CC1. The van der Waals surface area contributed by atoms with E-state index in [0.717, 1.165) is 32.1 Å². The highest BCUT2D eigenvalue weighted by atomic mass is 16.5. The van der Waals surface area contributed by atoms with Crippen molar-refractivity contribution < 1.29 is 9.32 Å². The molecule has 5 heteroatoms. The fourth-order valence-corrected chi connectivity index (χ4v) is 2.64. The Hall–Kier alpha value is -1.83. The summed E-state index contributed by atoms with van der Waals surface area (Å²) in [7, 11) is 0. The lowest BCUT2D eigenvalue weighted by Crippen LogP contribution is -2.49. The summed E-state index contributed by atoms with van der Waals surface area (Å²) in [4.78, 5) is 12.1. The van der Waals surface area contributed by atoms with Gasteiger partial charge < -0.3 is 9.84 Å². The van der Waals surface area contributed by atoms with Crippen molar-refractivity contribution in [3.8, 4) is 6.07 Å². The second kappa shape index (κ2) is 5.43. The van der Waals surface area contributed by atoms with E-state index < -0.39 is 5.54 Å². The quantitative estimate of drug-likeness (QED) is 0.907. The zero-order valence-corrected chi connectivity index (χ0v) is 11.4. The van der Waals surface area contributed by atoms with Crippen molar-refractivity contribution in [1.82, 2.24) is 10.5 Å². The molecule has 5 nitrogen and oxygen atoms in total. The van der Waals surface area contributed by atoms with Gasteiger partial charge in [0.15, 0.2) is 0 Å². The largest absolute Gasteiger partial charge is 0.361 e. The number of aryl methyl sites for hydroxylation is 1. The van der Waals surface area contributed by atoms with Gasteiger partial charge in [0.05, 0.1) is 12.3 Å². The Labute approximate surface area is 113 Å². The molecule has 1 aliphatic carbocycles. The van der Waals surface area contributed by atoms with Gasteiger partial charge in [-0.1, -0.05) is 18.5 Å². The summed E-state index contributed by atoms with van der Waals surface area (Å²) in [6, 6.07) is 2.29. The fraction of sp³-hybridized carbons (Fsp3) is 0.643. The fourth-order valence-electron chi connectivity index (χ4n) is 2.64. The van der Waals surface area contributed by atoms with E-state index in [-0.39, 0.29) is 5.91 Å². The second-order valence-electron chi connectivity index (χ2n) is 5.30. The van der Waals surface area contributed by atoms with Gasteiger partial charge in [-0.15, -0.1) is 0 Å². The highest BCUT2D eigenvalue weighted by molar-refractivity contribution is 5.95. The van der Waals surface area contributed by atoms with Gasteiger partial charge in [-0.3, -0.25) is 4.79 Å². The number of nitriles is 1. The van der Waals surface area contributed by atoms with Crippen molar-refractivity contribution in [2.45, 2.75) is 51.5 Å². The summed E-state index contributed by atoms with van der Waals surface area (Å²) in [5, 5.41) is 15.9. The second-order valence-corrected chi connectivity index (χ2v) is 5.30. The van der Waals surface area contributed by atoms with Crippen molar-refractivity contribution in [2.75, 3.05) is 0 Å². The number of rotatable bonds is 3. The van der Waals surface area contributed by atoms with E-state index in [2.05, 4.69) is 23.5 Å². The maximum Gasteiger partial charge on any atom is 0.257 e. The molecule has 0 unspecified atom stereocenters. The zero-order chi connectivity index (χ0) is 13.9. The molecule has 0 radical (unpaired) electrons. The van der Waals surface area contributed by atoms with Crippen LogP contribution >= 0.6 is 0 Å². The lowest BCUT2D eigenvalue weighted by atomic mass is 9.76. The maximum absolute atomic E-state index is 12.1. The number of nitrogens with zero attached hydrogens (tertiary/aromatic N) is 2. The number of aromatic nitrogens is 1. The summed E-state index contributed by atoms with van der Waals surface area (Å²) in [5.41, 5.74) is -0.320. The molecule has 0 aliphatic heterocycles. The lowest BCUT2D eigenvalue weighted by Gasteiger charge is -2.35. The molecule has 0 bridgehead atoms. The smallest absolute Gasteiger partial charge is 0.257 e. The minimum absolute atomic E-state index is 0.268. The minimum Gasteiger partial charge on any atom is -0.361 e. The minimum atomic E-state index is -0.730. The van der Waals surface area contributed by atoms with Crippen LogP contribution in [0.1, 0.15) is 55.1 Å². The summed E-state index contributed by atoms with van der Waals surface area (Å²) in [6.45, 7) is 3.86. The first-order chi connectivity index (χ1) is 9.10. The Morgan fingerprint density at radius 2 is 2.32 bits per heavy atom. The number of hydrogen-bond donors (Lipinski definition) is 1. The van der Waals surface area contributed by atoms with Crippen molar-refractivity contribution in [3.63, 3.8) is 0 Å². The van der Waals surface area contributed by atoms with E-state index in [1.807, 2.05) is 0 Å². The molecule has 1 heterocycles. The predicted molar refractivity (Wildman–Crippen MR) is 69.3 cm³/mol. The van der Waals surface area contributed by atoms with E-state index >= 15 is 0 Å². The normalized spacial score (nSPS) is 26.7. The van der Waals surface area contributed by atoms with Crippen LogP contribution in [0.3, 0.4) is 0 Å². The number of carbonyl (C=O) groups excluding carboxylic acids is 1. The average molecular weight is 261 g/mol. The van der Waals surface area contributed by atoms with Crippen LogP contribution in [0.4, 0.5) is 0 Å². The molecule has 102 valence electrons. The zero-order valence-electron chi connectivity index (χ0n) is 11.4. The van der Waals surface area contributed by atoms with Crippen LogP contribution in [0.15, 0.2) is 10.7 Å². The molecular formula is C14H19N3O2. The van der Waals surface area contributed by atoms with Crippen LogP contribution in [-0.4, -0.2) is 16.6 Å². The van der Waals surface area contributed by atoms with E-state index in [1.54, 1.807) is 6.92 Å². The Morgan fingerprint density at radius 3 is 2.79 bits per heavy atom. The molecule has 2 rings (SSSR count). The number of carbonyl (C=O) groups is 1. The third kappa shape index (κ3) is 2.78. The van der Waals surface area contributed by atoms with E-state index in [9.17, 15) is 10.1 Å². The summed E-state index contributed by atoms with van der Waals surface area (Å²) < 4.78 is 4.88. The molecule has 19 heavy (non-hydrogen) atoms. The van der Waals surface area contributed by atoms with Crippen molar-refractivity contribution in [1.29, 1.82) is 5.26 Å². The predicted octanol–water partition coefficient (Wildman–Crippen LogP) is 2.58. The Balaban J connectivity index is 2.06. The van der Waals surface area contributed by atoms with Crippen LogP contribution in [0.2, 0.25) is 0 Å². The summed E-state index contributed by atoms with van der Waals surface area (Å²) in [6.07, 6.45) is 5.96. The lowest BCUT2D eigenvalue weighted by molar-refractivity contribution is 0.0889. The molecule has 1 aliphatic rings. The monoisotopic (exact) mass is 261 g/mol. The molecule has 1 saturated carbocycles. The first kappa shape index (κ1) is 13.6. The van der Waals surface area contributed by atoms with Gasteiger partial charge in [0.2, 0.25) is 0 Å². The maximum atomic E-state index is 12.1. The summed E-state index contributed by atoms with van der Waals surface area (Å²) >= 11 is 0. The third-order valence-electron chi connectivity index (χ3n) is 4.10. The number of nitrogens with one attached hydrogen (secondary N) is 1. The van der Waals surface area contributed by atoms with E-state index in [1.165, 1.54) is 6.20 Å². The number of hydrogen-bond acceptors (Lipinski definition) is 4. The molecule has 1 fully saturated rings. The highest BCUT2D eigenvalue weighted by Gasteiger charge is 2.37. The van der Waals surface area contributed by atoms with E-state index in [0.29, 0.717) is 17.2 Å². The molecule has 1 aromatic heterocycles.